The third-order valence-electron chi connectivity index (χ3n) is 4.55. The fourth-order valence-corrected chi connectivity index (χ4v) is 2.67. The lowest BCUT2D eigenvalue weighted by atomic mass is 10.1. The Balaban J connectivity index is 1.97. The van der Waals surface area contributed by atoms with Gasteiger partial charge in [0.05, 0.1) is 12.6 Å². The summed E-state index contributed by atoms with van der Waals surface area (Å²) >= 11 is 0. The number of aryl methyl sites for hydroxylation is 2. The minimum absolute atomic E-state index is 0.0572. The minimum Gasteiger partial charge on any atom is -0.325 e. The van der Waals surface area contributed by atoms with Gasteiger partial charge in [0.15, 0.2) is 0 Å². The SMILES string of the molecule is Cc1ccc(C)c(NC(=O)CN(C)[C@@H](C)C(=O)N(C)c2ccccc2)c1. The molecule has 2 amide bonds. The van der Waals surface area contributed by atoms with Crippen LogP contribution >= 0.6 is 0 Å². The van der Waals surface area contributed by atoms with Crippen molar-refractivity contribution < 1.29 is 9.59 Å². The van der Waals surface area contributed by atoms with Crippen molar-refractivity contribution in [2.24, 2.45) is 0 Å². The van der Waals surface area contributed by atoms with E-state index in [9.17, 15) is 9.59 Å². The molecule has 1 N–H and O–H groups in total. The molecule has 0 aromatic heterocycles. The van der Waals surface area contributed by atoms with Crippen molar-refractivity contribution in [3.63, 3.8) is 0 Å². The van der Waals surface area contributed by atoms with Gasteiger partial charge in [0.1, 0.15) is 0 Å². The first kappa shape index (κ1) is 19.7. The second kappa shape index (κ2) is 8.63. The predicted octanol–water partition coefficient (Wildman–Crippen LogP) is 3.23. The zero-order valence-electron chi connectivity index (χ0n) is 16.1. The Bertz CT molecular complexity index is 774. The highest BCUT2D eigenvalue weighted by molar-refractivity contribution is 5.97. The lowest BCUT2D eigenvalue weighted by Crippen LogP contribution is -2.46. The Kier molecular flexibility index (Phi) is 6.52. The second-order valence-electron chi connectivity index (χ2n) is 6.69. The third-order valence-corrected chi connectivity index (χ3v) is 4.55. The van der Waals surface area contributed by atoms with Crippen molar-refractivity contribution in [1.29, 1.82) is 0 Å². The molecule has 0 bridgehead atoms. The van der Waals surface area contributed by atoms with Crippen molar-refractivity contribution in [2.75, 3.05) is 30.9 Å². The molecule has 5 nitrogen and oxygen atoms in total. The highest BCUT2D eigenvalue weighted by Crippen LogP contribution is 2.17. The molecule has 0 fully saturated rings. The fourth-order valence-electron chi connectivity index (χ4n) is 2.67. The molecule has 1 atom stereocenters. The summed E-state index contributed by atoms with van der Waals surface area (Å²) in [6.45, 7) is 5.90. The molecule has 0 unspecified atom stereocenters. The molecular weight excluding hydrogens is 326 g/mol. The maximum absolute atomic E-state index is 12.7. The van der Waals surface area contributed by atoms with Crippen molar-refractivity contribution in [1.82, 2.24) is 4.90 Å². The summed E-state index contributed by atoms with van der Waals surface area (Å²) in [5.41, 5.74) is 3.74. The normalized spacial score (nSPS) is 11.9. The Hall–Kier alpha value is -2.66. The summed E-state index contributed by atoms with van der Waals surface area (Å²) in [6, 6.07) is 15.0. The van der Waals surface area contributed by atoms with Gasteiger partial charge in [-0.25, -0.2) is 0 Å². The maximum Gasteiger partial charge on any atom is 0.243 e. The number of likely N-dealkylation sites (N-methyl/N-ethyl adjacent to an activating group) is 2. The molecule has 138 valence electrons. The quantitative estimate of drug-likeness (QED) is 0.867. The fraction of sp³-hybridized carbons (Fsp3) is 0.333. The summed E-state index contributed by atoms with van der Waals surface area (Å²) in [5.74, 6) is -0.193. The highest BCUT2D eigenvalue weighted by atomic mass is 16.2. The van der Waals surface area contributed by atoms with Crippen LogP contribution in [0.5, 0.6) is 0 Å². The number of anilines is 2. The molecule has 0 aliphatic rings. The standard InChI is InChI=1S/C21H27N3O2/c1-15-11-12-16(2)19(13-15)22-20(25)14-23(4)17(3)21(26)24(5)18-9-7-6-8-10-18/h6-13,17H,14H2,1-5H3,(H,22,25)/t17-/m0/s1. The molecule has 2 aromatic carbocycles. The van der Waals surface area contributed by atoms with E-state index in [1.807, 2.05) is 69.3 Å². The number of benzene rings is 2. The largest absolute Gasteiger partial charge is 0.325 e. The number of nitrogens with one attached hydrogen (secondary N) is 1. The summed E-state index contributed by atoms with van der Waals surface area (Å²) in [5, 5.41) is 2.93. The summed E-state index contributed by atoms with van der Waals surface area (Å²) in [6.07, 6.45) is 0. The van der Waals surface area contributed by atoms with Gasteiger partial charge in [0.2, 0.25) is 11.8 Å². The molecule has 2 rings (SSSR count). The van der Waals surface area contributed by atoms with Gasteiger partial charge >= 0.3 is 0 Å². The van der Waals surface area contributed by atoms with E-state index < -0.39 is 6.04 Å². The molecule has 2 aromatic rings. The molecule has 5 heteroatoms. The monoisotopic (exact) mass is 353 g/mol. The van der Waals surface area contributed by atoms with Crippen LogP contribution in [-0.4, -0.2) is 43.4 Å². The van der Waals surface area contributed by atoms with Gasteiger partial charge in [-0.1, -0.05) is 30.3 Å². The maximum atomic E-state index is 12.7. The van der Waals surface area contributed by atoms with E-state index in [1.165, 1.54) is 0 Å². The Morgan fingerprint density at radius 2 is 1.69 bits per heavy atom. The molecule has 0 saturated heterocycles. The molecule has 0 aliphatic carbocycles. The van der Waals surface area contributed by atoms with E-state index in [2.05, 4.69) is 5.32 Å². The number of rotatable bonds is 6. The minimum atomic E-state index is -0.412. The number of para-hydroxylation sites is 1. The Labute approximate surface area is 155 Å². The molecular formula is C21H27N3O2. The van der Waals surface area contributed by atoms with Gasteiger partial charge < -0.3 is 10.2 Å². The van der Waals surface area contributed by atoms with Gasteiger partial charge in [-0.2, -0.15) is 0 Å². The van der Waals surface area contributed by atoms with Gasteiger partial charge in [0.25, 0.3) is 0 Å². The van der Waals surface area contributed by atoms with Crippen LogP contribution in [-0.2, 0) is 9.59 Å². The van der Waals surface area contributed by atoms with E-state index in [0.29, 0.717) is 0 Å². The zero-order valence-corrected chi connectivity index (χ0v) is 16.1. The lowest BCUT2D eigenvalue weighted by Gasteiger charge is -2.28. The smallest absolute Gasteiger partial charge is 0.243 e. The van der Waals surface area contributed by atoms with Gasteiger partial charge in [0, 0.05) is 18.4 Å². The molecule has 0 saturated carbocycles. The predicted molar refractivity (Wildman–Crippen MR) is 106 cm³/mol. The number of amides is 2. The number of nitrogens with zero attached hydrogens (tertiary/aromatic N) is 2. The van der Waals surface area contributed by atoms with E-state index >= 15 is 0 Å². The van der Waals surface area contributed by atoms with Crippen molar-refractivity contribution in [3.8, 4) is 0 Å². The Morgan fingerprint density at radius 1 is 1.04 bits per heavy atom. The van der Waals surface area contributed by atoms with E-state index in [0.717, 1.165) is 22.5 Å². The van der Waals surface area contributed by atoms with Crippen LogP contribution in [0.25, 0.3) is 0 Å². The summed E-state index contributed by atoms with van der Waals surface area (Å²) in [7, 11) is 3.53. The first-order valence-electron chi connectivity index (χ1n) is 8.69. The molecule has 0 aliphatic heterocycles. The van der Waals surface area contributed by atoms with Gasteiger partial charge in [-0.15, -0.1) is 0 Å². The third kappa shape index (κ3) is 4.92. The number of carbonyl (C=O) groups excluding carboxylic acids is 2. The molecule has 26 heavy (non-hydrogen) atoms. The molecule has 0 heterocycles. The van der Waals surface area contributed by atoms with E-state index in [-0.39, 0.29) is 18.4 Å². The van der Waals surface area contributed by atoms with Crippen LogP contribution < -0.4 is 10.2 Å². The number of carbonyl (C=O) groups is 2. The van der Waals surface area contributed by atoms with Crippen LogP contribution in [0, 0.1) is 13.8 Å². The number of hydrogen-bond acceptors (Lipinski definition) is 3. The van der Waals surface area contributed by atoms with Crippen molar-refractivity contribution >= 4 is 23.2 Å². The molecule has 0 radical (unpaired) electrons. The van der Waals surface area contributed by atoms with Gasteiger partial charge in [-0.05, 0) is 57.1 Å². The van der Waals surface area contributed by atoms with Crippen LogP contribution in [0.3, 0.4) is 0 Å². The van der Waals surface area contributed by atoms with Crippen LogP contribution in [0.1, 0.15) is 18.1 Å². The first-order chi connectivity index (χ1) is 12.3. The van der Waals surface area contributed by atoms with Crippen molar-refractivity contribution in [2.45, 2.75) is 26.8 Å². The second-order valence-corrected chi connectivity index (χ2v) is 6.69. The average molecular weight is 353 g/mol. The summed E-state index contributed by atoms with van der Waals surface area (Å²) in [4.78, 5) is 28.4. The van der Waals surface area contributed by atoms with E-state index in [1.54, 1.807) is 23.9 Å². The van der Waals surface area contributed by atoms with Crippen molar-refractivity contribution in [3.05, 3.63) is 59.7 Å². The first-order valence-corrected chi connectivity index (χ1v) is 8.69. The summed E-state index contributed by atoms with van der Waals surface area (Å²) < 4.78 is 0. The Morgan fingerprint density at radius 3 is 2.35 bits per heavy atom. The van der Waals surface area contributed by atoms with E-state index in [4.69, 9.17) is 0 Å². The molecule has 0 spiro atoms. The topological polar surface area (TPSA) is 52.7 Å². The average Bonchev–Trinajstić information content (AvgIpc) is 2.63. The van der Waals surface area contributed by atoms with Crippen LogP contribution in [0.2, 0.25) is 0 Å². The highest BCUT2D eigenvalue weighted by Gasteiger charge is 2.24. The van der Waals surface area contributed by atoms with Crippen LogP contribution in [0.15, 0.2) is 48.5 Å². The van der Waals surface area contributed by atoms with Gasteiger partial charge in [-0.3, -0.25) is 14.5 Å². The lowest BCUT2D eigenvalue weighted by molar-refractivity contribution is -0.124. The van der Waals surface area contributed by atoms with Crippen LogP contribution in [0.4, 0.5) is 11.4 Å². The zero-order chi connectivity index (χ0) is 19.3. The number of hydrogen-bond donors (Lipinski definition) is 1.